The summed E-state index contributed by atoms with van der Waals surface area (Å²) in [4.78, 5) is 17.8. The minimum Gasteiger partial charge on any atom is -0.339 e. The summed E-state index contributed by atoms with van der Waals surface area (Å²) < 4.78 is 0. The minimum atomic E-state index is -0.100. The molecule has 1 aliphatic rings. The van der Waals surface area contributed by atoms with Crippen LogP contribution in [0, 0.1) is 5.92 Å². The average Bonchev–Trinajstić information content (AvgIpc) is 2.95. The maximum Gasteiger partial charge on any atom is 0.293 e. The van der Waals surface area contributed by atoms with Crippen molar-refractivity contribution in [1.82, 2.24) is 20.1 Å². The number of amides is 1. The van der Waals surface area contributed by atoms with Crippen LogP contribution in [0.2, 0.25) is 0 Å². The van der Waals surface area contributed by atoms with Crippen LogP contribution in [-0.4, -0.2) is 39.6 Å². The third-order valence-electron chi connectivity index (χ3n) is 2.64. The predicted octanol–water partition coefficient (Wildman–Crippen LogP) is 1.41. The molecule has 16 heavy (non-hydrogen) atoms. The van der Waals surface area contributed by atoms with Crippen molar-refractivity contribution in [3.05, 3.63) is 11.6 Å². The van der Waals surface area contributed by atoms with Crippen LogP contribution in [0.4, 0.5) is 0 Å². The van der Waals surface area contributed by atoms with Gasteiger partial charge in [0.05, 0.1) is 0 Å². The van der Waals surface area contributed by atoms with E-state index in [-0.39, 0.29) is 5.91 Å². The van der Waals surface area contributed by atoms with Gasteiger partial charge in [-0.25, -0.2) is 4.98 Å². The van der Waals surface area contributed by atoms with E-state index in [0.717, 1.165) is 25.2 Å². The Kier molecular flexibility index (Phi) is 2.94. The fourth-order valence-corrected chi connectivity index (χ4v) is 1.71. The summed E-state index contributed by atoms with van der Waals surface area (Å²) in [5.41, 5.74) is 0. The number of rotatable bonds is 4. The summed E-state index contributed by atoms with van der Waals surface area (Å²) in [6.45, 7) is 4.89. The Balaban J connectivity index is 2.01. The number of hydrogen-bond donors (Lipinski definition) is 1. The third kappa shape index (κ3) is 2.40. The summed E-state index contributed by atoms with van der Waals surface area (Å²) in [5, 5.41) is 6.83. The molecular formula is C11H18N4O. The molecule has 1 aromatic heterocycles. The monoisotopic (exact) mass is 222 g/mol. The number of nitrogens with zero attached hydrogens (tertiary/aromatic N) is 3. The van der Waals surface area contributed by atoms with E-state index in [2.05, 4.69) is 29.0 Å². The normalized spacial score (nSPS) is 15.5. The number of carbonyl (C=O) groups is 1. The lowest BCUT2D eigenvalue weighted by molar-refractivity contribution is 0.0767. The van der Waals surface area contributed by atoms with Gasteiger partial charge in [0.2, 0.25) is 5.82 Å². The molecule has 1 heterocycles. The van der Waals surface area contributed by atoms with Crippen molar-refractivity contribution in [2.45, 2.75) is 32.6 Å². The molecule has 88 valence electrons. The Bertz CT molecular complexity index is 381. The molecule has 0 aliphatic heterocycles. The lowest BCUT2D eigenvalue weighted by atomic mass is 10.2. The first-order valence-electron chi connectivity index (χ1n) is 5.75. The van der Waals surface area contributed by atoms with Gasteiger partial charge in [0.1, 0.15) is 5.82 Å². The highest BCUT2D eigenvalue weighted by Gasteiger charge is 2.28. The van der Waals surface area contributed by atoms with Gasteiger partial charge in [-0.05, 0) is 18.8 Å². The fraction of sp³-hybridized carbons (Fsp3) is 0.727. The first-order valence-corrected chi connectivity index (χ1v) is 5.75. The molecule has 0 unspecified atom stereocenters. The van der Waals surface area contributed by atoms with Crippen molar-refractivity contribution in [2.75, 3.05) is 13.6 Å². The highest BCUT2D eigenvalue weighted by molar-refractivity contribution is 5.90. The zero-order valence-electron chi connectivity index (χ0n) is 10.0. The van der Waals surface area contributed by atoms with Gasteiger partial charge in [-0.3, -0.25) is 9.89 Å². The zero-order valence-corrected chi connectivity index (χ0v) is 10.0. The van der Waals surface area contributed by atoms with Crippen LogP contribution >= 0.6 is 0 Å². The first-order chi connectivity index (χ1) is 7.58. The second kappa shape index (κ2) is 4.23. The molecule has 0 spiro atoms. The average molecular weight is 222 g/mol. The smallest absolute Gasteiger partial charge is 0.293 e. The number of aromatic nitrogens is 3. The Morgan fingerprint density at radius 2 is 2.25 bits per heavy atom. The van der Waals surface area contributed by atoms with Gasteiger partial charge >= 0.3 is 0 Å². The van der Waals surface area contributed by atoms with Gasteiger partial charge in [-0.1, -0.05) is 13.8 Å². The molecule has 5 heteroatoms. The molecule has 1 amide bonds. The molecule has 2 rings (SSSR count). The van der Waals surface area contributed by atoms with E-state index >= 15 is 0 Å². The molecule has 1 N–H and O–H groups in total. The van der Waals surface area contributed by atoms with Crippen molar-refractivity contribution in [1.29, 1.82) is 0 Å². The van der Waals surface area contributed by atoms with Gasteiger partial charge in [0.25, 0.3) is 5.91 Å². The van der Waals surface area contributed by atoms with Crippen LogP contribution < -0.4 is 0 Å². The Morgan fingerprint density at radius 1 is 1.56 bits per heavy atom. The van der Waals surface area contributed by atoms with Crippen molar-refractivity contribution < 1.29 is 4.79 Å². The van der Waals surface area contributed by atoms with Crippen LogP contribution in [0.5, 0.6) is 0 Å². The van der Waals surface area contributed by atoms with Crippen LogP contribution in [0.25, 0.3) is 0 Å². The topological polar surface area (TPSA) is 61.9 Å². The van der Waals surface area contributed by atoms with Crippen molar-refractivity contribution in [2.24, 2.45) is 5.92 Å². The van der Waals surface area contributed by atoms with E-state index in [1.165, 1.54) is 0 Å². The lowest BCUT2D eigenvalue weighted by Gasteiger charge is -2.17. The van der Waals surface area contributed by atoms with E-state index < -0.39 is 0 Å². The molecule has 1 saturated carbocycles. The standard InChI is InChI=1S/C11H18N4O/c1-7(2)6-15(3)11(16)10-12-9(13-14-10)8-4-5-8/h7-8H,4-6H2,1-3H3,(H,12,13,14). The third-order valence-corrected chi connectivity index (χ3v) is 2.64. The van der Waals surface area contributed by atoms with Crippen molar-refractivity contribution in [3.63, 3.8) is 0 Å². The summed E-state index contributed by atoms with van der Waals surface area (Å²) in [6, 6.07) is 0. The minimum absolute atomic E-state index is 0.100. The van der Waals surface area contributed by atoms with E-state index in [1.54, 1.807) is 11.9 Å². The van der Waals surface area contributed by atoms with Crippen LogP contribution in [0.15, 0.2) is 0 Å². The van der Waals surface area contributed by atoms with Crippen LogP contribution in [-0.2, 0) is 0 Å². The van der Waals surface area contributed by atoms with Crippen molar-refractivity contribution in [3.8, 4) is 0 Å². The maximum absolute atomic E-state index is 11.9. The van der Waals surface area contributed by atoms with Gasteiger partial charge < -0.3 is 4.90 Å². The van der Waals surface area contributed by atoms with Crippen LogP contribution in [0.1, 0.15) is 49.1 Å². The predicted molar refractivity (Wildman–Crippen MR) is 60.2 cm³/mol. The highest BCUT2D eigenvalue weighted by Crippen LogP contribution is 2.37. The number of H-pyrrole nitrogens is 1. The summed E-state index contributed by atoms with van der Waals surface area (Å²) in [7, 11) is 1.79. The molecule has 1 aromatic rings. The van der Waals surface area contributed by atoms with E-state index in [9.17, 15) is 4.79 Å². The second-order valence-corrected chi connectivity index (χ2v) is 4.90. The SMILES string of the molecule is CC(C)CN(C)C(=O)c1n[nH]c(C2CC2)n1. The molecule has 0 radical (unpaired) electrons. The van der Waals surface area contributed by atoms with Gasteiger partial charge in [0.15, 0.2) is 0 Å². The first kappa shape index (κ1) is 11.1. The van der Waals surface area contributed by atoms with Gasteiger partial charge in [-0.15, -0.1) is 5.10 Å². The lowest BCUT2D eigenvalue weighted by Crippen LogP contribution is -2.31. The second-order valence-electron chi connectivity index (χ2n) is 4.90. The Hall–Kier alpha value is -1.39. The zero-order chi connectivity index (χ0) is 11.7. The van der Waals surface area contributed by atoms with E-state index in [4.69, 9.17) is 0 Å². The van der Waals surface area contributed by atoms with Crippen molar-refractivity contribution >= 4 is 5.91 Å². The molecule has 0 bridgehead atoms. The molecule has 1 fully saturated rings. The van der Waals surface area contributed by atoms with Crippen LogP contribution in [0.3, 0.4) is 0 Å². The number of carbonyl (C=O) groups excluding carboxylic acids is 1. The molecule has 1 aliphatic carbocycles. The molecule has 0 saturated heterocycles. The van der Waals surface area contributed by atoms with Gasteiger partial charge in [-0.2, -0.15) is 0 Å². The number of nitrogens with one attached hydrogen (secondary N) is 1. The molecule has 0 aromatic carbocycles. The van der Waals surface area contributed by atoms with E-state index in [1.807, 2.05) is 0 Å². The molecule has 5 nitrogen and oxygen atoms in total. The summed E-state index contributed by atoms with van der Waals surface area (Å²) in [5.74, 6) is 2.02. The quantitative estimate of drug-likeness (QED) is 0.837. The number of aromatic amines is 1. The largest absolute Gasteiger partial charge is 0.339 e. The van der Waals surface area contributed by atoms with Gasteiger partial charge in [0, 0.05) is 19.5 Å². The Labute approximate surface area is 95.2 Å². The maximum atomic E-state index is 11.9. The fourth-order valence-electron chi connectivity index (χ4n) is 1.71. The molecule has 0 atom stereocenters. The Morgan fingerprint density at radius 3 is 2.81 bits per heavy atom. The highest BCUT2D eigenvalue weighted by atomic mass is 16.2. The summed E-state index contributed by atoms with van der Waals surface area (Å²) >= 11 is 0. The molecular weight excluding hydrogens is 204 g/mol. The van der Waals surface area contributed by atoms with E-state index in [0.29, 0.717) is 17.7 Å². The summed E-state index contributed by atoms with van der Waals surface area (Å²) in [6.07, 6.45) is 2.31. The number of hydrogen-bond acceptors (Lipinski definition) is 3.